The Morgan fingerprint density at radius 2 is 2.02 bits per heavy atom. The largest absolute Gasteiger partial charge is 0.478 e. The fraction of sp³-hybridized carbons (Fsp3) is 0.323. The third-order valence-electron chi connectivity index (χ3n) is 8.11. The Morgan fingerprint density at radius 3 is 2.70 bits per heavy atom. The predicted octanol–water partition coefficient (Wildman–Crippen LogP) is 4.49. The molecule has 6 rings (SSSR count). The molecule has 15 heteroatoms. The number of carboxylic acids is 1. The van der Waals surface area contributed by atoms with Gasteiger partial charge in [-0.25, -0.2) is 23.4 Å². The van der Waals surface area contributed by atoms with Gasteiger partial charge in [-0.2, -0.15) is 0 Å². The van der Waals surface area contributed by atoms with E-state index < -0.39 is 29.2 Å². The number of carbonyl (C=O) groups is 3. The monoisotopic (exact) mass is 670 g/mol. The SMILES string of the molecule is CC(C)(Oc1ccc(N2C[C@@H]3CN(CC4=C(C=O)[C@H](c5ccc(F)cc5Cl)N=C(c5nccs5)N4)CCN3C2=O)c(F)c1)C(=O)O. The van der Waals surface area contributed by atoms with E-state index >= 15 is 4.39 Å². The van der Waals surface area contributed by atoms with Crippen LogP contribution in [-0.2, 0) is 9.59 Å². The first-order chi connectivity index (χ1) is 21.9. The molecule has 240 valence electrons. The molecule has 0 aliphatic carbocycles. The number of carboxylic acid groups (broad SMARTS) is 1. The van der Waals surface area contributed by atoms with Crippen LogP contribution in [0.25, 0.3) is 0 Å². The van der Waals surface area contributed by atoms with Crippen molar-refractivity contribution in [2.24, 2.45) is 4.99 Å². The molecule has 0 bridgehead atoms. The number of piperazine rings is 1. The van der Waals surface area contributed by atoms with Crippen LogP contribution in [0.15, 0.2) is 64.2 Å². The lowest BCUT2D eigenvalue weighted by Gasteiger charge is -2.37. The molecule has 4 heterocycles. The fourth-order valence-corrected chi connectivity index (χ4v) is 6.59. The highest BCUT2D eigenvalue weighted by Gasteiger charge is 2.43. The second-order valence-electron chi connectivity index (χ2n) is 11.6. The Hall–Kier alpha value is -4.40. The number of halogens is 3. The number of carbonyl (C=O) groups excluding carboxylic acids is 2. The van der Waals surface area contributed by atoms with Gasteiger partial charge >= 0.3 is 12.0 Å². The number of aromatic nitrogens is 1. The van der Waals surface area contributed by atoms with Crippen molar-refractivity contribution in [1.29, 1.82) is 0 Å². The summed E-state index contributed by atoms with van der Waals surface area (Å²) >= 11 is 7.78. The van der Waals surface area contributed by atoms with Crippen molar-refractivity contribution in [3.05, 3.63) is 86.5 Å². The van der Waals surface area contributed by atoms with Gasteiger partial charge in [0.2, 0.25) is 0 Å². The van der Waals surface area contributed by atoms with Crippen LogP contribution in [0.4, 0.5) is 19.3 Å². The second kappa shape index (κ2) is 12.4. The Bertz CT molecular complexity index is 1770. The first-order valence-corrected chi connectivity index (χ1v) is 15.6. The summed E-state index contributed by atoms with van der Waals surface area (Å²) in [4.78, 5) is 51.5. The summed E-state index contributed by atoms with van der Waals surface area (Å²) in [6.45, 7) is 4.55. The van der Waals surface area contributed by atoms with Gasteiger partial charge in [0.15, 0.2) is 22.3 Å². The number of amides is 2. The number of hydrogen-bond donors (Lipinski definition) is 2. The molecular weight excluding hydrogens is 642 g/mol. The van der Waals surface area contributed by atoms with Crippen molar-refractivity contribution >= 4 is 52.7 Å². The van der Waals surface area contributed by atoms with Crippen molar-refractivity contribution in [3.63, 3.8) is 0 Å². The van der Waals surface area contributed by atoms with Crippen LogP contribution in [0, 0.1) is 11.6 Å². The molecule has 0 spiro atoms. The Kier molecular flexibility index (Phi) is 8.53. The first-order valence-electron chi connectivity index (χ1n) is 14.4. The van der Waals surface area contributed by atoms with Gasteiger partial charge < -0.3 is 20.1 Å². The number of aldehydes is 1. The molecule has 3 aliphatic heterocycles. The molecule has 1 aromatic heterocycles. The van der Waals surface area contributed by atoms with Crippen molar-refractivity contribution < 1.29 is 33.0 Å². The van der Waals surface area contributed by atoms with Crippen LogP contribution >= 0.6 is 22.9 Å². The highest BCUT2D eigenvalue weighted by Crippen LogP contribution is 2.36. The number of fused-ring (bicyclic) bond motifs is 1. The van der Waals surface area contributed by atoms with Crippen molar-refractivity contribution in [1.82, 2.24) is 20.1 Å². The van der Waals surface area contributed by atoms with E-state index in [0.717, 1.165) is 12.4 Å². The number of urea groups is 1. The van der Waals surface area contributed by atoms with Crippen molar-refractivity contribution in [3.8, 4) is 5.75 Å². The van der Waals surface area contributed by atoms with Gasteiger partial charge in [-0.15, -0.1) is 11.3 Å². The Balaban J connectivity index is 1.21. The number of hydrogen-bond acceptors (Lipinski definition) is 9. The molecule has 3 aliphatic rings. The minimum absolute atomic E-state index is 0.0318. The lowest BCUT2D eigenvalue weighted by atomic mass is 9.96. The zero-order chi connectivity index (χ0) is 32.7. The number of anilines is 1. The number of aliphatic carboxylic acids is 1. The summed E-state index contributed by atoms with van der Waals surface area (Å²) in [5, 5.41) is 15.1. The lowest BCUT2D eigenvalue weighted by molar-refractivity contribution is -0.152. The minimum Gasteiger partial charge on any atom is -0.478 e. The molecule has 2 saturated heterocycles. The van der Waals surface area contributed by atoms with Crippen LogP contribution in [0.5, 0.6) is 5.75 Å². The summed E-state index contributed by atoms with van der Waals surface area (Å²) in [5.41, 5.74) is -0.0943. The van der Waals surface area contributed by atoms with E-state index in [4.69, 9.17) is 21.3 Å². The quantitative estimate of drug-likeness (QED) is 0.319. The third kappa shape index (κ3) is 6.07. The van der Waals surface area contributed by atoms with Gasteiger partial charge in [0.25, 0.3) is 0 Å². The van der Waals surface area contributed by atoms with Crippen molar-refractivity contribution in [2.45, 2.75) is 31.5 Å². The van der Waals surface area contributed by atoms with E-state index in [-0.39, 0.29) is 35.1 Å². The molecule has 2 aromatic carbocycles. The topological polar surface area (TPSA) is 128 Å². The Morgan fingerprint density at radius 1 is 1.22 bits per heavy atom. The van der Waals surface area contributed by atoms with E-state index in [1.54, 1.807) is 16.5 Å². The van der Waals surface area contributed by atoms with Gasteiger partial charge in [-0.1, -0.05) is 17.7 Å². The van der Waals surface area contributed by atoms with Gasteiger partial charge in [-0.3, -0.25) is 19.6 Å². The average molecular weight is 671 g/mol. The van der Waals surface area contributed by atoms with Crippen molar-refractivity contribution in [2.75, 3.05) is 37.6 Å². The maximum Gasteiger partial charge on any atom is 0.347 e. The molecule has 0 radical (unpaired) electrons. The molecule has 0 unspecified atom stereocenters. The van der Waals surface area contributed by atoms with E-state index in [1.165, 1.54) is 60.4 Å². The fourth-order valence-electron chi connectivity index (χ4n) is 5.74. The van der Waals surface area contributed by atoms with Crippen LogP contribution in [0.3, 0.4) is 0 Å². The van der Waals surface area contributed by atoms with Gasteiger partial charge in [-0.05, 0) is 38.1 Å². The number of benzene rings is 2. The highest BCUT2D eigenvalue weighted by atomic mass is 35.5. The number of thiazole rings is 1. The average Bonchev–Trinajstić information content (AvgIpc) is 3.65. The molecule has 2 fully saturated rings. The Labute approximate surface area is 271 Å². The summed E-state index contributed by atoms with van der Waals surface area (Å²) in [6, 6.07) is 6.49. The number of amidine groups is 1. The summed E-state index contributed by atoms with van der Waals surface area (Å²) in [5.74, 6) is -1.93. The zero-order valence-corrected chi connectivity index (χ0v) is 26.3. The molecule has 2 atom stereocenters. The second-order valence-corrected chi connectivity index (χ2v) is 12.9. The normalized spacial score (nSPS) is 20.4. The molecule has 46 heavy (non-hydrogen) atoms. The summed E-state index contributed by atoms with van der Waals surface area (Å²) in [6.07, 6.45) is 2.37. The smallest absolute Gasteiger partial charge is 0.347 e. The van der Waals surface area contributed by atoms with E-state index in [2.05, 4.69) is 15.2 Å². The van der Waals surface area contributed by atoms with Crippen LogP contribution in [-0.4, -0.2) is 88.4 Å². The van der Waals surface area contributed by atoms with Gasteiger partial charge in [0, 0.05) is 72.2 Å². The van der Waals surface area contributed by atoms with Gasteiger partial charge in [0.05, 0.1) is 11.7 Å². The molecule has 0 saturated carbocycles. The molecular formula is C31H29ClF2N6O5S. The molecule has 3 aromatic rings. The van der Waals surface area contributed by atoms with Crippen LogP contribution in [0.2, 0.25) is 5.02 Å². The lowest BCUT2D eigenvalue weighted by Crippen LogP contribution is -2.53. The van der Waals surface area contributed by atoms with E-state index in [0.29, 0.717) is 53.9 Å². The first kappa shape index (κ1) is 31.6. The van der Waals surface area contributed by atoms with E-state index in [9.17, 15) is 23.9 Å². The maximum atomic E-state index is 15.2. The van der Waals surface area contributed by atoms with E-state index in [1.807, 2.05) is 0 Å². The maximum absolute atomic E-state index is 15.2. The number of nitrogens with one attached hydrogen (secondary N) is 1. The summed E-state index contributed by atoms with van der Waals surface area (Å²) in [7, 11) is 0. The van der Waals surface area contributed by atoms with Crippen LogP contribution in [0.1, 0.15) is 30.5 Å². The molecule has 2 N–H and O–H groups in total. The van der Waals surface area contributed by atoms with Crippen LogP contribution < -0.4 is 15.0 Å². The number of rotatable bonds is 9. The summed E-state index contributed by atoms with van der Waals surface area (Å²) < 4.78 is 34.5. The number of nitrogens with zero attached hydrogens (tertiary/aromatic N) is 5. The highest BCUT2D eigenvalue weighted by molar-refractivity contribution is 7.11. The number of ether oxygens (including phenoxy) is 1. The molecule has 2 amide bonds. The number of aliphatic imine (C=N–C) groups is 1. The standard InChI is InChI=1S/C31H29ClF2N6O5S/c1-31(2,29(42)43)45-19-4-6-25(23(34)12-19)40-14-18-13-38(8-9-39(18)30(40)44)15-24-21(16-41)26(20-5-3-17(33)11-22(20)32)37-27(36-24)28-35-7-10-46-28/h3-7,10-12,16,18,26H,8-9,13-15H2,1-2H3,(H,36,37)(H,42,43)/t18-,26-/m0/s1. The molecule has 11 nitrogen and oxygen atoms in total. The zero-order valence-electron chi connectivity index (χ0n) is 24.7. The third-order valence-corrected chi connectivity index (χ3v) is 9.21. The van der Waals surface area contributed by atoms with Gasteiger partial charge in [0.1, 0.15) is 23.9 Å². The minimum atomic E-state index is -1.56. The predicted molar refractivity (Wildman–Crippen MR) is 167 cm³/mol.